The Bertz CT molecular complexity index is 1270. The highest BCUT2D eigenvalue weighted by molar-refractivity contribution is 6.15. The van der Waals surface area contributed by atoms with Crippen LogP contribution in [0.15, 0.2) is 66.7 Å². The van der Waals surface area contributed by atoms with E-state index in [9.17, 15) is 20.0 Å². The number of nitrogens with zero attached hydrogens (tertiary/aromatic N) is 3. The van der Waals surface area contributed by atoms with Crippen molar-refractivity contribution in [1.29, 1.82) is 0 Å². The van der Waals surface area contributed by atoms with Gasteiger partial charge in [-0.25, -0.2) is 0 Å². The quantitative estimate of drug-likeness (QED) is 0.325. The molecule has 0 bridgehead atoms. The van der Waals surface area contributed by atoms with E-state index < -0.39 is 4.92 Å². The summed E-state index contributed by atoms with van der Waals surface area (Å²) in [7, 11) is 0. The molecule has 2 aromatic carbocycles. The molecular formula is C26H23N3O5. The van der Waals surface area contributed by atoms with E-state index in [1.807, 2.05) is 12.3 Å². The number of hydrogen-bond donors (Lipinski definition) is 1. The number of rotatable bonds is 5. The number of nitro benzene ring substituents is 1. The van der Waals surface area contributed by atoms with Crippen LogP contribution in [0, 0.1) is 10.1 Å². The molecule has 0 aliphatic carbocycles. The van der Waals surface area contributed by atoms with Gasteiger partial charge in [0.15, 0.2) is 5.76 Å². The van der Waals surface area contributed by atoms with E-state index in [4.69, 9.17) is 4.74 Å². The number of non-ortho nitro benzene ring substituents is 1. The molecule has 0 radical (unpaired) electrons. The molecule has 34 heavy (non-hydrogen) atoms. The van der Waals surface area contributed by atoms with E-state index >= 15 is 0 Å². The number of Topliss-reactive ketones (excluding diaryl/α,β-unsaturated/α-hetero) is 1. The van der Waals surface area contributed by atoms with Crippen LogP contribution in [-0.2, 0) is 6.54 Å². The first-order valence-corrected chi connectivity index (χ1v) is 11.2. The van der Waals surface area contributed by atoms with Crippen molar-refractivity contribution in [2.45, 2.75) is 31.8 Å². The molecule has 1 N–H and O–H groups in total. The molecule has 3 aromatic rings. The molecule has 2 aliphatic heterocycles. The number of hydrogen-bond acceptors (Lipinski definition) is 7. The Balaban J connectivity index is 1.44. The van der Waals surface area contributed by atoms with Gasteiger partial charge in [0.1, 0.15) is 11.5 Å². The largest absolute Gasteiger partial charge is 0.507 e. The monoisotopic (exact) mass is 457 g/mol. The van der Waals surface area contributed by atoms with Crippen LogP contribution in [0.25, 0.3) is 6.08 Å². The molecule has 0 unspecified atom stereocenters. The van der Waals surface area contributed by atoms with Crippen molar-refractivity contribution in [3.63, 3.8) is 0 Å². The number of allylic oxidation sites excluding steroid dienone is 1. The normalized spacial score (nSPS) is 19.1. The van der Waals surface area contributed by atoms with Crippen LogP contribution in [0.4, 0.5) is 5.69 Å². The molecular weight excluding hydrogens is 434 g/mol. The van der Waals surface area contributed by atoms with Gasteiger partial charge in [0.2, 0.25) is 5.78 Å². The molecule has 1 saturated heterocycles. The van der Waals surface area contributed by atoms with E-state index in [0.717, 1.165) is 31.4 Å². The number of fused-ring (bicyclic) bond motifs is 1. The maximum absolute atomic E-state index is 13.0. The zero-order valence-corrected chi connectivity index (χ0v) is 18.4. The first kappa shape index (κ1) is 21.8. The third kappa shape index (κ3) is 4.15. The Morgan fingerprint density at radius 2 is 2.00 bits per heavy atom. The lowest BCUT2D eigenvalue weighted by Crippen LogP contribution is -2.33. The smallest absolute Gasteiger partial charge is 0.269 e. The average molecular weight is 457 g/mol. The number of nitro groups is 1. The maximum Gasteiger partial charge on any atom is 0.269 e. The van der Waals surface area contributed by atoms with Crippen LogP contribution in [0.2, 0.25) is 0 Å². The number of carbonyl (C=O) groups is 1. The number of ketones is 1. The SMILES string of the molecule is O=C1/C(=C/c2ccc([N+](=O)[O-])cc2)Oc2c1ccc(O)c2CN1CCCC[C@H]1c1cccnc1. The Kier molecular flexibility index (Phi) is 5.81. The van der Waals surface area contributed by atoms with Crippen LogP contribution in [0.1, 0.15) is 52.4 Å². The van der Waals surface area contributed by atoms with Crippen molar-refractivity contribution in [2.24, 2.45) is 0 Å². The maximum atomic E-state index is 13.0. The van der Waals surface area contributed by atoms with Crippen LogP contribution in [0.3, 0.4) is 0 Å². The summed E-state index contributed by atoms with van der Waals surface area (Å²) in [5.41, 5.74) is 2.69. The predicted molar refractivity (Wildman–Crippen MR) is 125 cm³/mol. The van der Waals surface area contributed by atoms with Gasteiger partial charge in [0.05, 0.1) is 16.1 Å². The Morgan fingerprint density at radius 1 is 1.18 bits per heavy atom. The number of benzene rings is 2. The van der Waals surface area contributed by atoms with Crippen LogP contribution < -0.4 is 4.74 Å². The summed E-state index contributed by atoms with van der Waals surface area (Å²) in [4.78, 5) is 30.0. The number of aromatic nitrogens is 1. The van der Waals surface area contributed by atoms with Crippen LogP contribution in [-0.4, -0.2) is 32.2 Å². The molecule has 5 rings (SSSR count). The lowest BCUT2D eigenvalue weighted by Gasteiger charge is -2.36. The van der Waals surface area contributed by atoms with Crippen molar-refractivity contribution >= 4 is 17.5 Å². The van der Waals surface area contributed by atoms with Crippen molar-refractivity contribution in [3.8, 4) is 11.5 Å². The summed E-state index contributed by atoms with van der Waals surface area (Å²) in [5, 5.41) is 21.6. The summed E-state index contributed by atoms with van der Waals surface area (Å²) < 4.78 is 5.97. The minimum atomic E-state index is -0.474. The molecule has 3 heterocycles. The Morgan fingerprint density at radius 3 is 2.74 bits per heavy atom. The highest BCUT2D eigenvalue weighted by Gasteiger charge is 2.33. The van der Waals surface area contributed by atoms with Gasteiger partial charge in [-0.05, 0) is 66.9 Å². The van der Waals surface area contributed by atoms with Gasteiger partial charge >= 0.3 is 0 Å². The number of phenolic OH excluding ortho intramolecular Hbond substituents is 1. The molecule has 8 heteroatoms. The van der Waals surface area contributed by atoms with E-state index in [1.54, 1.807) is 30.5 Å². The second kappa shape index (κ2) is 9.07. The van der Waals surface area contributed by atoms with Gasteiger partial charge in [0.25, 0.3) is 5.69 Å². The van der Waals surface area contributed by atoms with Gasteiger partial charge in [-0.2, -0.15) is 0 Å². The lowest BCUT2D eigenvalue weighted by atomic mass is 9.95. The molecule has 172 valence electrons. The van der Waals surface area contributed by atoms with Crippen molar-refractivity contribution in [1.82, 2.24) is 9.88 Å². The third-order valence-corrected chi connectivity index (χ3v) is 6.36. The first-order valence-electron chi connectivity index (χ1n) is 11.2. The minimum Gasteiger partial charge on any atom is -0.507 e. The predicted octanol–water partition coefficient (Wildman–Crippen LogP) is 5.04. The summed E-state index contributed by atoms with van der Waals surface area (Å²) in [6.07, 6.45) is 8.36. The second-order valence-corrected chi connectivity index (χ2v) is 8.50. The molecule has 0 spiro atoms. The number of phenols is 1. The fourth-order valence-corrected chi connectivity index (χ4v) is 4.63. The molecule has 1 aromatic heterocycles. The lowest BCUT2D eigenvalue weighted by molar-refractivity contribution is -0.384. The van der Waals surface area contributed by atoms with Gasteiger partial charge in [-0.15, -0.1) is 0 Å². The van der Waals surface area contributed by atoms with E-state index in [2.05, 4.69) is 16.0 Å². The Labute approximate surface area is 196 Å². The number of aromatic hydroxyl groups is 1. The molecule has 2 aliphatic rings. The molecule has 1 fully saturated rings. The topological polar surface area (TPSA) is 106 Å². The van der Waals surface area contributed by atoms with Gasteiger partial charge < -0.3 is 9.84 Å². The molecule has 0 amide bonds. The summed E-state index contributed by atoms with van der Waals surface area (Å²) in [6.45, 7) is 1.30. The zero-order valence-electron chi connectivity index (χ0n) is 18.4. The number of ether oxygens (including phenoxy) is 1. The molecule has 1 atom stereocenters. The number of pyridine rings is 1. The fraction of sp³-hybridized carbons (Fsp3) is 0.231. The van der Waals surface area contributed by atoms with E-state index in [1.165, 1.54) is 18.2 Å². The van der Waals surface area contributed by atoms with Crippen molar-refractivity contribution in [3.05, 3.63) is 99.1 Å². The number of carbonyl (C=O) groups excluding carboxylic acids is 1. The first-order chi connectivity index (χ1) is 16.5. The minimum absolute atomic E-state index is 0.0268. The van der Waals surface area contributed by atoms with Gasteiger partial charge in [0, 0.05) is 37.1 Å². The average Bonchev–Trinajstić information content (AvgIpc) is 3.17. The van der Waals surface area contributed by atoms with Gasteiger partial charge in [-0.1, -0.05) is 12.5 Å². The highest BCUT2D eigenvalue weighted by atomic mass is 16.6. The Hall–Kier alpha value is -4.04. The van der Waals surface area contributed by atoms with Crippen molar-refractivity contribution in [2.75, 3.05) is 6.54 Å². The summed E-state index contributed by atoms with van der Waals surface area (Å²) in [5.74, 6) is 0.294. The highest BCUT2D eigenvalue weighted by Crippen LogP contribution is 2.42. The summed E-state index contributed by atoms with van der Waals surface area (Å²) in [6, 6.07) is 13.2. The molecule has 0 saturated carbocycles. The second-order valence-electron chi connectivity index (χ2n) is 8.50. The third-order valence-electron chi connectivity index (χ3n) is 6.36. The van der Waals surface area contributed by atoms with Crippen LogP contribution in [0.5, 0.6) is 11.5 Å². The number of piperidine rings is 1. The summed E-state index contributed by atoms with van der Waals surface area (Å²) >= 11 is 0. The number of likely N-dealkylation sites (tertiary alicyclic amines) is 1. The van der Waals surface area contributed by atoms with E-state index in [-0.39, 0.29) is 29.0 Å². The van der Waals surface area contributed by atoms with Crippen molar-refractivity contribution < 1.29 is 19.6 Å². The van der Waals surface area contributed by atoms with Crippen LogP contribution >= 0.6 is 0 Å². The fourth-order valence-electron chi connectivity index (χ4n) is 4.63. The zero-order chi connectivity index (χ0) is 23.7. The standard InChI is InChI=1S/C26H23N3O5/c30-23-11-10-20-25(31)24(14-17-6-8-19(9-7-17)29(32)33)34-26(20)21(23)16-28-13-2-1-5-22(28)18-4-3-12-27-15-18/h3-4,6-12,14-15,22,30H,1-2,5,13,16H2/b24-14-/t22-/m0/s1. The van der Waals surface area contributed by atoms with Gasteiger partial charge in [-0.3, -0.25) is 24.8 Å². The van der Waals surface area contributed by atoms with E-state index in [0.29, 0.717) is 29.0 Å². The molecule has 8 nitrogen and oxygen atoms in total.